The molecular weight excluding hydrogens is 266 g/mol. The molecule has 1 aliphatic heterocycles. The molecule has 21 heavy (non-hydrogen) atoms. The molecule has 4 nitrogen and oxygen atoms in total. The highest BCUT2D eigenvalue weighted by molar-refractivity contribution is 5.64. The van der Waals surface area contributed by atoms with E-state index in [9.17, 15) is 0 Å². The summed E-state index contributed by atoms with van der Waals surface area (Å²) >= 11 is 0. The molecule has 0 spiro atoms. The maximum absolute atomic E-state index is 8.76. The van der Waals surface area contributed by atoms with Crippen molar-refractivity contribution in [3.8, 4) is 11.5 Å². The smallest absolute Gasteiger partial charge is 0.127 e. The lowest BCUT2D eigenvalue weighted by molar-refractivity contribution is 0.173. The minimum Gasteiger partial charge on any atom is -0.489 e. The van der Waals surface area contributed by atoms with Crippen LogP contribution in [0.4, 0.5) is 0 Å². The molecule has 0 fully saturated rings. The summed E-state index contributed by atoms with van der Waals surface area (Å²) in [6.45, 7) is 1.43. The van der Waals surface area contributed by atoms with Gasteiger partial charge in [0.25, 0.3) is 0 Å². The molecule has 1 heterocycles. The predicted octanol–water partition coefficient (Wildman–Crippen LogP) is 3.02. The van der Waals surface area contributed by atoms with Crippen molar-refractivity contribution in [2.24, 2.45) is 0 Å². The largest absolute Gasteiger partial charge is 0.489 e. The van der Waals surface area contributed by atoms with E-state index in [-0.39, 0.29) is 0 Å². The molecule has 0 unspecified atom stereocenters. The van der Waals surface area contributed by atoms with Crippen molar-refractivity contribution in [2.75, 3.05) is 13.2 Å². The van der Waals surface area contributed by atoms with Gasteiger partial charge in [0.1, 0.15) is 24.7 Å². The van der Waals surface area contributed by atoms with Crippen LogP contribution in [0.1, 0.15) is 11.1 Å². The molecule has 2 aromatic carbocycles. The Balaban J connectivity index is 1.72. The first-order valence-corrected chi connectivity index (χ1v) is 6.85. The summed E-state index contributed by atoms with van der Waals surface area (Å²) in [7, 11) is 0. The van der Waals surface area contributed by atoms with Crippen LogP contribution in [0.3, 0.4) is 0 Å². The maximum atomic E-state index is 8.76. The van der Waals surface area contributed by atoms with E-state index in [1.54, 1.807) is 0 Å². The fourth-order valence-electron chi connectivity index (χ4n) is 2.24. The Morgan fingerprint density at radius 1 is 1.14 bits per heavy atom. The van der Waals surface area contributed by atoms with Gasteiger partial charge in [-0.2, -0.15) is 0 Å². The van der Waals surface area contributed by atoms with Crippen LogP contribution in [-0.4, -0.2) is 18.4 Å². The first kappa shape index (κ1) is 13.7. The topological polar surface area (TPSA) is 50.7 Å². The van der Waals surface area contributed by atoms with E-state index in [2.05, 4.69) is 5.48 Å². The molecule has 2 N–H and O–H groups in total. The average molecular weight is 283 g/mol. The van der Waals surface area contributed by atoms with Crippen LogP contribution in [0.2, 0.25) is 0 Å². The van der Waals surface area contributed by atoms with Gasteiger partial charge in [0, 0.05) is 12.1 Å². The fraction of sp³-hybridized carbons (Fsp3) is 0.176. The molecule has 0 saturated carbocycles. The third kappa shape index (κ3) is 3.42. The molecule has 108 valence electrons. The number of fused-ring (bicyclic) bond motifs is 1. The Labute approximate surface area is 123 Å². The second-order valence-corrected chi connectivity index (χ2v) is 4.90. The van der Waals surface area contributed by atoms with Gasteiger partial charge in [0.05, 0.1) is 0 Å². The minimum atomic E-state index is 0.397. The van der Waals surface area contributed by atoms with Gasteiger partial charge in [-0.05, 0) is 35.4 Å². The minimum absolute atomic E-state index is 0.397. The maximum Gasteiger partial charge on any atom is 0.127 e. The number of ether oxygens (including phenoxy) is 2. The van der Waals surface area contributed by atoms with Gasteiger partial charge in [-0.3, -0.25) is 0 Å². The van der Waals surface area contributed by atoms with Crippen molar-refractivity contribution >= 4 is 6.08 Å². The normalized spacial score (nSPS) is 13.1. The van der Waals surface area contributed by atoms with Crippen molar-refractivity contribution in [1.82, 2.24) is 5.48 Å². The fourth-order valence-corrected chi connectivity index (χ4v) is 2.24. The highest BCUT2D eigenvalue weighted by Crippen LogP contribution is 2.30. The summed E-state index contributed by atoms with van der Waals surface area (Å²) in [6.07, 6.45) is 2.01. The van der Waals surface area contributed by atoms with E-state index < -0.39 is 0 Å². The second kappa shape index (κ2) is 6.43. The Morgan fingerprint density at radius 3 is 2.81 bits per heavy atom. The van der Waals surface area contributed by atoms with Crippen LogP contribution in [0.5, 0.6) is 11.5 Å². The van der Waals surface area contributed by atoms with Gasteiger partial charge < -0.3 is 14.7 Å². The van der Waals surface area contributed by atoms with E-state index in [1.165, 1.54) is 0 Å². The molecule has 4 heteroatoms. The van der Waals surface area contributed by atoms with Gasteiger partial charge in [0.15, 0.2) is 0 Å². The first-order valence-electron chi connectivity index (χ1n) is 6.85. The van der Waals surface area contributed by atoms with Crippen molar-refractivity contribution in [3.05, 3.63) is 65.2 Å². The molecule has 0 aromatic heterocycles. The molecule has 1 aliphatic rings. The predicted molar refractivity (Wildman–Crippen MR) is 80.5 cm³/mol. The summed E-state index contributed by atoms with van der Waals surface area (Å²) < 4.78 is 11.4. The SMILES string of the molecule is ONCC1=Cc2cc(OCc3ccccc3)ccc2OC1. The summed E-state index contributed by atoms with van der Waals surface area (Å²) in [5, 5.41) is 8.76. The molecule has 2 aromatic rings. The van der Waals surface area contributed by atoms with Gasteiger partial charge >= 0.3 is 0 Å². The second-order valence-electron chi connectivity index (χ2n) is 4.90. The zero-order valence-corrected chi connectivity index (χ0v) is 11.6. The summed E-state index contributed by atoms with van der Waals surface area (Å²) in [5.41, 5.74) is 5.24. The van der Waals surface area contributed by atoms with Gasteiger partial charge in [-0.1, -0.05) is 30.3 Å². The lowest BCUT2D eigenvalue weighted by atomic mass is 10.1. The van der Waals surface area contributed by atoms with E-state index in [0.717, 1.165) is 28.2 Å². The average Bonchev–Trinajstić information content (AvgIpc) is 2.54. The van der Waals surface area contributed by atoms with Gasteiger partial charge in [-0.25, -0.2) is 5.48 Å². The van der Waals surface area contributed by atoms with Gasteiger partial charge in [-0.15, -0.1) is 0 Å². The molecule has 0 atom stereocenters. The summed E-state index contributed by atoms with van der Waals surface area (Å²) in [6, 6.07) is 15.8. The number of hydrogen-bond acceptors (Lipinski definition) is 4. The van der Waals surface area contributed by atoms with Crippen LogP contribution in [0.15, 0.2) is 54.1 Å². The Hall–Kier alpha value is -2.30. The van der Waals surface area contributed by atoms with Crippen molar-refractivity contribution in [2.45, 2.75) is 6.61 Å². The molecule has 0 radical (unpaired) electrons. The Bertz CT molecular complexity index is 638. The van der Waals surface area contributed by atoms with Crippen LogP contribution < -0.4 is 15.0 Å². The van der Waals surface area contributed by atoms with Crippen molar-refractivity contribution in [1.29, 1.82) is 0 Å². The molecule has 0 saturated heterocycles. The molecule has 0 aliphatic carbocycles. The third-order valence-corrected chi connectivity index (χ3v) is 3.31. The molecule has 3 rings (SSSR count). The molecule has 0 amide bonds. The number of nitrogens with one attached hydrogen (secondary N) is 1. The summed E-state index contributed by atoms with van der Waals surface area (Å²) in [4.78, 5) is 0. The lowest BCUT2D eigenvalue weighted by Gasteiger charge is -2.18. The highest BCUT2D eigenvalue weighted by Gasteiger charge is 2.12. The van der Waals surface area contributed by atoms with Crippen LogP contribution in [0, 0.1) is 0 Å². The van der Waals surface area contributed by atoms with Gasteiger partial charge in [0.2, 0.25) is 0 Å². The number of hydroxylamine groups is 1. The lowest BCUT2D eigenvalue weighted by Crippen LogP contribution is -2.18. The number of rotatable bonds is 5. The quantitative estimate of drug-likeness (QED) is 0.828. The van der Waals surface area contributed by atoms with Crippen molar-refractivity contribution < 1.29 is 14.7 Å². The van der Waals surface area contributed by atoms with Crippen LogP contribution in [0.25, 0.3) is 6.08 Å². The zero-order valence-electron chi connectivity index (χ0n) is 11.6. The van der Waals surface area contributed by atoms with Crippen LogP contribution >= 0.6 is 0 Å². The zero-order chi connectivity index (χ0) is 14.5. The Kier molecular flexibility index (Phi) is 4.19. The van der Waals surface area contributed by atoms with E-state index in [0.29, 0.717) is 19.8 Å². The molecule has 0 bridgehead atoms. The third-order valence-electron chi connectivity index (χ3n) is 3.31. The summed E-state index contributed by atoms with van der Waals surface area (Å²) in [5.74, 6) is 1.64. The van der Waals surface area contributed by atoms with E-state index in [4.69, 9.17) is 14.7 Å². The van der Waals surface area contributed by atoms with Crippen LogP contribution in [-0.2, 0) is 6.61 Å². The Morgan fingerprint density at radius 2 is 2.00 bits per heavy atom. The number of hydrogen-bond donors (Lipinski definition) is 2. The number of benzene rings is 2. The molecular formula is C17H17NO3. The highest BCUT2D eigenvalue weighted by atomic mass is 16.5. The first-order chi connectivity index (χ1) is 10.3. The van der Waals surface area contributed by atoms with E-state index >= 15 is 0 Å². The van der Waals surface area contributed by atoms with Crippen molar-refractivity contribution in [3.63, 3.8) is 0 Å². The standard InChI is InChI=1S/C17H17NO3/c19-18-10-14-8-15-9-16(6-7-17(15)21-12-14)20-11-13-4-2-1-3-5-13/h1-9,18-19H,10-12H2. The van der Waals surface area contributed by atoms with E-state index in [1.807, 2.05) is 54.6 Å². The monoisotopic (exact) mass is 283 g/mol.